The van der Waals surface area contributed by atoms with Crippen molar-refractivity contribution in [3.05, 3.63) is 40.4 Å². The summed E-state index contributed by atoms with van der Waals surface area (Å²) in [4.78, 5) is 39.5. The second-order valence-corrected chi connectivity index (χ2v) is 7.00. The van der Waals surface area contributed by atoms with Crippen molar-refractivity contribution >= 4 is 34.8 Å². The van der Waals surface area contributed by atoms with E-state index in [0.717, 1.165) is 12.1 Å². The number of hydrogen-bond acceptors (Lipinski definition) is 6. The Balaban J connectivity index is 1.70. The van der Waals surface area contributed by atoms with Crippen LogP contribution in [0.15, 0.2) is 33.6 Å². The van der Waals surface area contributed by atoms with E-state index >= 15 is 0 Å². The number of nitrogens with zero attached hydrogens (tertiary/aromatic N) is 3. The predicted molar refractivity (Wildman–Crippen MR) is 102 cm³/mol. The van der Waals surface area contributed by atoms with Gasteiger partial charge in [0.05, 0.1) is 6.42 Å². The second kappa shape index (κ2) is 8.37. The molecule has 0 aliphatic carbocycles. The number of aryl methyl sites for hydroxylation is 1. The smallest absolute Gasteiger partial charge is 0.406 e. The van der Waals surface area contributed by atoms with Gasteiger partial charge in [0.2, 0.25) is 5.91 Å². The normalized spacial score (nSPS) is 16.7. The van der Waals surface area contributed by atoms with Crippen LogP contribution in [-0.2, 0) is 23.2 Å². The molecule has 1 aliphatic heterocycles. The number of H-pyrrole nitrogens is 1. The fraction of sp³-hybridized carbons (Fsp3) is 0.353. The van der Waals surface area contributed by atoms with Gasteiger partial charge in [0.1, 0.15) is 18.3 Å². The fourth-order valence-corrected chi connectivity index (χ4v) is 3.25. The van der Waals surface area contributed by atoms with Crippen LogP contribution in [0.3, 0.4) is 0 Å². The number of thiocarbonyl (C=S) groups is 1. The van der Waals surface area contributed by atoms with Crippen LogP contribution in [0.2, 0.25) is 0 Å². The lowest BCUT2D eigenvalue weighted by molar-refractivity contribution is -0.746. The number of aromatic nitrogens is 2. The van der Waals surface area contributed by atoms with Crippen molar-refractivity contribution in [3.8, 4) is 5.75 Å². The number of likely N-dealkylation sites (N-methyl/N-ethyl adjacent to an activating group) is 1. The average Bonchev–Trinajstić information content (AvgIpc) is 3.09. The van der Waals surface area contributed by atoms with Crippen molar-refractivity contribution in [2.75, 3.05) is 12.4 Å². The molecule has 31 heavy (non-hydrogen) atoms. The number of nitrogens with one attached hydrogen (secondary N) is 2. The van der Waals surface area contributed by atoms with E-state index in [0.29, 0.717) is 0 Å². The molecule has 1 aliphatic rings. The first-order valence-corrected chi connectivity index (χ1v) is 9.17. The zero-order valence-electron chi connectivity index (χ0n) is 16.2. The van der Waals surface area contributed by atoms with Gasteiger partial charge in [0, 0.05) is 12.7 Å². The third-order valence-corrected chi connectivity index (χ3v) is 5.02. The van der Waals surface area contributed by atoms with Crippen molar-refractivity contribution in [2.24, 2.45) is 7.05 Å². The Labute approximate surface area is 178 Å². The maximum atomic E-state index is 12.6. The van der Waals surface area contributed by atoms with Crippen LogP contribution in [0.25, 0.3) is 0 Å². The number of amides is 2. The summed E-state index contributed by atoms with van der Waals surface area (Å²) in [6, 6.07) is 3.58. The number of benzene rings is 1. The van der Waals surface area contributed by atoms with Crippen molar-refractivity contribution in [1.82, 2.24) is 15.1 Å². The number of ether oxygens (including phenoxy) is 1. The maximum absolute atomic E-state index is 12.6. The Morgan fingerprint density at radius 1 is 1.32 bits per heavy atom. The zero-order chi connectivity index (χ0) is 22.9. The van der Waals surface area contributed by atoms with Gasteiger partial charge < -0.3 is 15.0 Å². The van der Waals surface area contributed by atoms with E-state index < -0.39 is 35.6 Å². The van der Waals surface area contributed by atoms with E-state index in [9.17, 15) is 27.6 Å². The molecule has 1 aromatic carbocycles. The monoisotopic (exact) mass is 460 g/mol. The highest BCUT2D eigenvalue weighted by Crippen LogP contribution is 2.25. The molecule has 3 rings (SSSR count). The molecule has 1 aromatic heterocycles. The summed E-state index contributed by atoms with van der Waals surface area (Å²) in [6.07, 6.45) is -5.13. The molecule has 166 valence electrons. The lowest BCUT2D eigenvalue weighted by Crippen LogP contribution is -2.44. The summed E-state index contributed by atoms with van der Waals surface area (Å²) in [5.74, 6) is -1.44. The first-order chi connectivity index (χ1) is 14.5. The Hall–Kier alpha value is -3.42. The van der Waals surface area contributed by atoms with Crippen LogP contribution >= 0.6 is 12.2 Å². The molecule has 1 atom stereocenters. The summed E-state index contributed by atoms with van der Waals surface area (Å²) in [5.41, 5.74) is -0.238. The van der Waals surface area contributed by atoms with E-state index in [-0.39, 0.29) is 29.5 Å². The van der Waals surface area contributed by atoms with Crippen LogP contribution in [0.4, 0.5) is 18.9 Å². The minimum atomic E-state index is -4.82. The summed E-state index contributed by atoms with van der Waals surface area (Å²) < 4.78 is 46.5. The third kappa shape index (κ3) is 5.02. The quantitative estimate of drug-likeness (QED) is 0.481. The average molecular weight is 460 g/mol. The van der Waals surface area contributed by atoms with Gasteiger partial charge in [-0.05, 0) is 41.8 Å². The van der Waals surface area contributed by atoms with Gasteiger partial charge in [0.15, 0.2) is 12.2 Å². The number of carbonyl (C=O) groups is 2. The molecule has 2 aromatic rings. The molecule has 14 heteroatoms. The van der Waals surface area contributed by atoms with Crippen LogP contribution in [0.5, 0.6) is 5.75 Å². The zero-order valence-corrected chi connectivity index (χ0v) is 17.0. The number of anilines is 1. The Bertz CT molecular complexity index is 1070. The highest BCUT2D eigenvalue weighted by molar-refractivity contribution is 7.80. The molecule has 2 N–H and O–H groups in total. The molecule has 0 spiro atoms. The number of hydrogen-bond donors (Lipinski definition) is 2. The number of rotatable bonds is 6. The van der Waals surface area contributed by atoms with Gasteiger partial charge in [0.25, 0.3) is 5.91 Å². The minimum absolute atomic E-state index is 0.0708. The number of halogens is 3. The van der Waals surface area contributed by atoms with Gasteiger partial charge in [-0.15, -0.1) is 13.2 Å². The molecule has 10 nitrogen and oxygen atoms in total. The summed E-state index contributed by atoms with van der Waals surface area (Å²) in [6.45, 7) is -0.0708. The Morgan fingerprint density at radius 3 is 2.52 bits per heavy atom. The van der Waals surface area contributed by atoms with Crippen molar-refractivity contribution < 1.29 is 36.7 Å². The third-order valence-electron chi connectivity index (χ3n) is 4.51. The second-order valence-electron chi connectivity index (χ2n) is 6.63. The number of alkyl halides is 3. The Morgan fingerprint density at radius 2 is 1.97 bits per heavy atom. The standard InChI is InChI=1S/C17H16F3N5O5S/c1-23-14(27)11(25(16(23)31)8-12-15(28)30-22-24(12)2)7-13(26)21-9-3-5-10(6-4-9)29-17(18,19)20/h3-6,11H,7-8H2,1-2H3,(H-,21,22,26,28)/p+1. The van der Waals surface area contributed by atoms with E-state index in [1.165, 1.54) is 33.7 Å². The Kier molecular flexibility index (Phi) is 6.01. The molecule has 2 amide bonds. The molecular weight excluding hydrogens is 443 g/mol. The van der Waals surface area contributed by atoms with Crippen molar-refractivity contribution in [2.45, 2.75) is 25.4 Å². The van der Waals surface area contributed by atoms with Gasteiger partial charge in [-0.25, -0.2) is 4.79 Å². The largest absolute Gasteiger partial charge is 0.573 e. The summed E-state index contributed by atoms with van der Waals surface area (Å²) >= 11 is 5.26. The molecule has 0 radical (unpaired) electrons. The van der Waals surface area contributed by atoms with E-state index in [1.54, 1.807) is 7.05 Å². The van der Waals surface area contributed by atoms with Crippen LogP contribution < -0.4 is 20.4 Å². The first-order valence-electron chi connectivity index (χ1n) is 8.76. The molecule has 0 bridgehead atoms. The van der Waals surface area contributed by atoms with Crippen LogP contribution in [-0.4, -0.2) is 51.4 Å². The molecular formula is C17H17F3N5O5S+. The van der Waals surface area contributed by atoms with Crippen molar-refractivity contribution in [1.29, 1.82) is 0 Å². The number of aromatic amines is 1. The van der Waals surface area contributed by atoms with E-state index in [4.69, 9.17) is 12.2 Å². The van der Waals surface area contributed by atoms with Gasteiger partial charge in [-0.3, -0.25) is 19.0 Å². The first kappa shape index (κ1) is 22.3. The summed E-state index contributed by atoms with van der Waals surface area (Å²) in [7, 11) is 2.99. The molecule has 2 heterocycles. The molecule has 1 fully saturated rings. The maximum Gasteiger partial charge on any atom is 0.573 e. The van der Waals surface area contributed by atoms with Gasteiger partial charge in [-0.2, -0.15) is 0 Å². The predicted octanol–water partition coefficient (Wildman–Crippen LogP) is 0.647. The minimum Gasteiger partial charge on any atom is -0.406 e. The molecule has 1 saturated heterocycles. The van der Waals surface area contributed by atoms with Crippen LogP contribution in [0.1, 0.15) is 12.1 Å². The lowest BCUT2D eigenvalue weighted by Gasteiger charge is -2.21. The fourth-order valence-electron chi connectivity index (χ4n) is 2.97. The molecule has 1 unspecified atom stereocenters. The highest BCUT2D eigenvalue weighted by Gasteiger charge is 2.43. The van der Waals surface area contributed by atoms with Gasteiger partial charge in [-0.1, -0.05) is 4.68 Å². The molecule has 0 saturated carbocycles. The lowest BCUT2D eigenvalue weighted by atomic mass is 10.1. The number of carbonyl (C=O) groups excluding carboxylic acids is 2. The van der Waals surface area contributed by atoms with Crippen molar-refractivity contribution in [3.63, 3.8) is 0 Å². The SMILES string of the molecule is CN1C(=O)C(CC(=O)Nc2ccc(OC(F)(F)F)cc2)N(Cc2c(=O)o[nH][n+]2C)C1=S. The van der Waals surface area contributed by atoms with E-state index in [2.05, 4.69) is 19.8 Å². The topological polar surface area (TPSA) is 112 Å². The van der Waals surface area contributed by atoms with Crippen LogP contribution in [0, 0.1) is 0 Å². The highest BCUT2D eigenvalue weighted by atomic mass is 32.1. The summed E-state index contributed by atoms with van der Waals surface area (Å²) in [5, 5.41) is 5.00. The van der Waals surface area contributed by atoms with E-state index in [1.807, 2.05) is 0 Å². The van der Waals surface area contributed by atoms with Gasteiger partial charge >= 0.3 is 17.7 Å².